The van der Waals surface area contributed by atoms with Crippen LogP contribution in [0.2, 0.25) is 0 Å². The summed E-state index contributed by atoms with van der Waals surface area (Å²) in [6.45, 7) is 4.39. The van der Waals surface area contributed by atoms with Crippen LogP contribution in [0.1, 0.15) is 20.8 Å². The van der Waals surface area contributed by atoms with E-state index in [0.717, 1.165) is 12.1 Å². The molecule has 0 amide bonds. The molecular weight excluding hydrogens is 296 g/mol. The molecule has 0 aromatic heterocycles. The Bertz CT molecular complexity index is 641. The van der Waals surface area contributed by atoms with Crippen LogP contribution in [0, 0.1) is 20.2 Å². The van der Waals surface area contributed by atoms with Crippen molar-refractivity contribution in [3.05, 3.63) is 38.4 Å². The number of anilines is 1. The van der Waals surface area contributed by atoms with Gasteiger partial charge in [0, 0.05) is 13.0 Å². The zero-order chi connectivity index (χ0) is 16.9. The molecule has 0 aliphatic carbocycles. The summed E-state index contributed by atoms with van der Waals surface area (Å²) in [6.07, 6.45) is 1.25. The first kappa shape index (κ1) is 17.0. The van der Waals surface area contributed by atoms with Gasteiger partial charge in [0.25, 0.3) is 5.69 Å². The standard InChI is InChI=1S/C12H14N4O6/c1-8(17)22-12(2,3)7-13-14-10-5-4-9(15(18)19)6-11(10)16(20)21/h4-7,14H,1-3H3. The maximum atomic E-state index is 10.9. The van der Waals surface area contributed by atoms with Crippen molar-refractivity contribution < 1.29 is 19.4 Å². The number of esters is 1. The van der Waals surface area contributed by atoms with Gasteiger partial charge in [0.05, 0.1) is 22.1 Å². The predicted molar refractivity (Wildman–Crippen MR) is 77.7 cm³/mol. The third-order valence-corrected chi connectivity index (χ3v) is 2.36. The molecule has 10 nitrogen and oxygen atoms in total. The lowest BCUT2D eigenvalue weighted by atomic mass is 10.2. The Morgan fingerprint density at radius 2 is 1.95 bits per heavy atom. The van der Waals surface area contributed by atoms with E-state index in [1.165, 1.54) is 19.2 Å². The van der Waals surface area contributed by atoms with Crippen molar-refractivity contribution in [3.8, 4) is 0 Å². The number of ether oxygens (including phenoxy) is 1. The van der Waals surface area contributed by atoms with Gasteiger partial charge in [0.1, 0.15) is 11.3 Å². The van der Waals surface area contributed by atoms with E-state index >= 15 is 0 Å². The van der Waals surface area contributed by atoms with Crippen LogP contribution >= 0.6 is 0 Å². The second kappa shape index (κ2) is 6.61. The highest BCUT2D eigenvalue weighted by Gasteiger charge is 2.20. The molecule has 0 aliphatic rings. The molecule has 22 heavy (non-hydrogen) atoms. The van der Waals surface area contributed by atoms with Gasteiger partial charge in [-0.15, -0.1) is 0 Å². The Hall–Kier alpha value is -3.04. The average Bonchev–Trinajstić information content (AvgIpc) is 2.36. The summed E-state index contributed by atoms with van der Waals surface area (Å²) in [4.78, 5) is 30.9. The van der Waals surface area contributed by atoms with E-state index in [-0.39, 0.29) is 5.69 Å². The van der Waals surface area contributed by atoms with Crippen LogP contribution in [0.15, 0.2) is 23.3 Å². The van der Waals surface area contributed by atoms with Crippen molar-refractivity contribution in [2.24, 2.45) is 5.10 Å². The average molecular weight is 310 g/mol. The maximum absolute atomic E-state index is 10.9. The fourth-order valence-electron chi connectivity index (χ4n) is 1.53. The molecule has 10 heteroatoms. The number of nitrogens with one attached hydrogen (secondary N) is 1. The molecule has 0 saturated heterocycles. The van der Waals surface area contributed by atoms with E-state index in [1.807, 2.05) is 0 Å². The zero-order valence-electron chi connectivity index (χ0n) is 12.1. The Kier molecular flexibility index (Phi) is 5.11. The van der Waals surface area contributed by atoms with Gasteiger partial charge < -0.3 is 4.74 Å². The first-order valence-corrected chi connectivity index (χ1v) is 6.05. The zero-order valence-corrected chi connectivity index (χ0v) is 12.1. The number of hydrazone groups is 1. The second-order valence-electron chi connectivity index (χ2n) is 4.78. The number of nitro groups is 2. The molecule has 0 aliphatic heterocycles. The molecule has 0 spiro atoms. The molecule has 0 atom stereocenters. The smallest absolute Gasteiger partial charge is 0.303 e. The van der Waals surface area contributed by atoms with Crippen molar-refractivity contribution in [3.63, 3.8) is 0 Å². The van der Waals surface area contributed by atoms with E-state index in [1.54, 1.807) is 13.8 Å². The maximum Gasteiger partial charge on any atom is 0.303 e. The molecule has 0 fully saturated rings. The molecule has 0 saturated carbocycles. The number of carbonyl (C=O) groups excluding carboxylic acids is 1. The molecule has 1 rings (SSSR count). The van der Waals surface area contributed by atoms with Gasteiger partial charge in [-0.1, -0.05) is 0 Å². The minimum Gasteiger partial charge on any atom is -0.454 e. The van der Waals surface area contributed by atoms with Crippen LogP contribution in [-0.4, -0.2) is 27.6 Å². The molecule has 1 aromatic rings. The fourth-order valence-corrected chi connectivity index (χ4v) is 1.53. The van der Waals surface area contributed by atoms with Gasteiger partial charge in [0.15, 0.2) is 0 Å². The quantitative estimate of drug-likeness (QED) is 0.368. The number of nitro benzene ring substituents is 2. The summed E-state index contributed by atoms with van der Waals surface area (Å²) in [5.74, 6) is -0.502. The number of non-ortho nitro benzene ring substituents is 1. The Labute approximate surface area is 125 Å². The third-order valence-electron chi connectivity index (χ3n) is 2.36. The molecule has 0 bridgehead atoms. The first-order chi connectivity index (χ1) is 10.1. The fraction of sp³-hybridized carbons (Fsp3) is 0.333. The molecule has 0 heterocycles. The molecule has 1 aromatic carbocycles. The number of hydrogen-bond acceptors (Lipinski definition) is 8. The Balaban J connectivity index is 2.96. The summed E-state index contributed by atoms with van der Waals surface area (Å²) in [5.41, 5.74) is 0.485. The largest absolute Gasteiger partial charge is 0.454 e. The molecule has 0 radical (unpaired) electrons. The highest BCUT2D eigenvalue weighted by Crippen LogP contribution is 2.28. The van der Waals surface area contributed by atoms with Crippen LogP contribution in [0.4, 0.5) is 17.1 Å². The number of hydrogen-bond donors (Lipinski definition) is 1. The predicted octanol–water partition coefficient (Wildman–Crippen LogP) is 2.24. The van der Waals surface area contributed by atoms with Gasteiger partial charge in [-0.3, -0.25) is 30.4 Å². The van der Waals surface area contributed by atoms with Gasteiger partial charge in [-0.05, 0) is 19.9 Å². The molecular formula is C12H14N4O6. The van der Waals surface area contributed by atoms with Crippen molar-refractivity contribution in [2.75, 3.05) is 5.43 Å². The lowest BCUT2D eigenvalue weighted by molar-refractivity contribution is -0.393. The van der Waals surface area contributed by atoms with E-state index in [9.17, 15) is 25.0 Å². The van der Waals surface area contributed by atoms with Crippen LogP contribution < -0.4 is 5.43 Å². The van der Waals surface area contributed by atoms with Gasteiger partial charge in [-0.25, -0.2) is 0 Å². The van der Waals surface area contributed by atoms with Crippen LogP contribution in [-0.2, 0) is 9.53 Å². The summed E-state index contributed by atoms with van der Waals surface area (Å²) in [7, 11) is 0. The second-order valence-corrected chi connectivity index (χ2v) is 4.78. The van der Waals surface area contributed by atoms with Gasteiger partial charge in [0.2, 0.25) is 0 Å². The SMILES string of the molecule is CC(=O)OC(C)(C)C=NNc1ccc([N+](=O)[O-])cc1[N+](=O)[O-]. The first-order valence-electron chi connectivity index (χ1n) is 6.05. The van der Waals surface area contributed by atoms with Crippen LogP contribution in [0.3, 0.4) is 0 Å². The number of nitrogens with zero attached hydrogens (tertiary/aromatic N) is 3. The monoisotopic (exact) mass is 310 g/mol. The van der Waals surface area contributed by atoms with Gasteiger partial charge in [-0.2, -0.15) is 5.10 Å². The lowest BCUT2D eigenvalue weighted by Gasteiger charge is -2.18. The van der Waals surface area contributed by atoms with Gasteiger partial charge >= 0.3 is 11.7 Å². The Morgan fingerprint density at radius 1 is 1.32 bits per heavy atom. The van der Waals surface area contributed by atoms with E-state index < -0.39 is 32.8 Å². The van der Waals surface area contributed by atoms with E-state index in [4.69, 9.17) is 4.74 Å². The highest BCUT2D eigenvalue weighted by molar-refractivity contribution is 5.75. The van der Waals surface area contributed by atoms with Crippen LogP contribution in [0.25, 0.3) is 0 Å². The minimum absolute atomic E-state index is 0.0227. The highest BCUT2D eigenvalue weighted by atomic mass is 16.6. The number of rotatable bonds is 6. The summed E-state index contributed by atoms with van der Waals surface area (Å²) in [6, 6.07) is 3.11. The lowest BCUT2D eigenvalue weighted by Crippen LogP contribution is -2.28. The van der Waals surface area contributed by atoms with Crippen molar-refractivity contribution in [1.29, 1.82) is 0 Å². The molecule has 118 valence electrons. The normalized spacial score (nSPS) is 11.2. The Morgan fingerprint density at radius 3 is 2.45 bits per heavy atom. The summed E-state index contributed by atoms with van der Waals surface area (Å²) in [5, 5.41) is 25.3. The van der Waals surface area contributed by atoms with E-state index in [0.29, 0.717) is 0 Å². The van der Waals surface area contributed by atoms with Crippen molar-refractivity contribution in [2.45, 2.75) is 26.4 Å². The summed E-state index contributed by atoms with van der Waals surface area (Å²) < 4.78 is 4.95. The summed E-state index contributed by atoms with van der Waals surface area (Å²) >= 11 is 0. The number of carbonyl (C=O) groups is 1. The van der Waals surface area contributed by atoms with Crippen molar-refractivity contribution >= 4 is 29.2 Å². The van der Waals surface area contributed by atoms with Crippen LogP contribution in [0.5, 0.6) is 0 Å². The minimum atomic E-state index is -1.01. The third kappa shape index (κ3) is 4.81. The van der Waals surface area contributed by atoms with Crippen molar-refractivity contribution in [1.82, 2.24) is 0 Å². The topological polar surface area (TPSA) is 137 Å². The molecule has 0 unspecified atom stereocenters. The van der Waals surface area contributed by atoms with E-state index in [2.05, 4.69) is 10.5 Å². The number of benzene rings is 1. The molecule has 1 N–H and O–H groups in total.